The summed E-state index contributed by atoms with van der Waals surface area (Å²) in [4.78, 5) is 28.6. The molecule has 0 aromatic heterocycles. The summed E-state index contributed by atoms with van der Waals surface area (Å²) in [5.41, 5.74) is 1.23. The number of fused-ring (bicyclic) bond motifs is 1. The number of methoxy groups -OCH3 is 2. The monoisotopic (exact) mass is 478 g/mol. The van der Waals surface area contributed by atoms with Gasteiger partial charge in [-0.15, -0.1) is 0 Å². The molecular weight excluding hydrogens is 444 g/mol. The van der Waals surface area contributed by atoms with E-state index in [9.17, 15) is 9.59 Å². The fourth-order valence-corrected chi connectivity index (χ4v) is 5.07. The first-order chi connectivity index (χ1) is 17.1. The molecule has 2 atom stereocenters. The fourth-order valence-electron chi connectivity index (χ4n) is 5.07. The number of carbonyl (C=O) groups is 2. The van der Waals surface area contributed by atoms with Crippen LogP contribution in [0.3, 0.4) is 0 Å². The molecule has 7 heteroatoms. The molecule has 0 aliphatic carbocycles. The third-order valence-electron chi connectivity index (χ3n) is 6.88. The summed E-state index contributed by atoms with van der Waals surface area (Å²) in [6.45, 7) is 2.61. The lowest BCUT2D eigenvalue weighted by Gasteiger charge is -2.44. The van der Waals surface area contributed by atoms with E-state index in [4.69, 9.17) is 14.2 Å². The van der Waals surface area contributed by atoms with Gasteiger partial charge in [-0.05, 0) is 74.7 Å². The zero-order chi connectivity index (χ0) is 24.6. The summed E-state index contributed by atoms with van der Waals surface area (Å²) in [5, 5.41) is 2.76. The molecule has 186 valence electrons. The predicted octanol–water partition coefficient (Wildman–Crippen LogP) is 4.28. The maximum Gasteiger partial charge on any atom is 0.354 e. The highest BCUT2D eigenvalue weighted by Crippen LogP contribution is 2.31. The lowest BCUT2D eigenvalue weighted by Crippen LogP contribution is -2.49. The van der Waals surface area contributed by atoms with Crippen LogP contribution in [-0.2, 0) is 9.53 Å². The van der Waals surface area contributed by atoms with Gasteiger partial charge in [0.2, 0.25) is 0 Å². The largest absolute Gasteiger partial charge is 0.493 e. The zero-order valence-corrected chi connectivity index (χ0v) is 20.5. The second-order valence-corrected chi connectivity index (χ2v) is 9.09. The quantitative estimate of drug-likeness (QED) is 0.451. The third-order valence-corrected chi connectivity index (χ3v) is 6.88. The van der Waals surface area contributed by atoms with E-state index in [1.165, 1.54) is 12.8 Å². The molecule has 0 unspecified atom stereocenters. The molecule has 0 saturated carbocycles. The second kappa shape index (κ2) is 11.9. The maximum absolute atomic E-state index is 13.2. The van der Waals surface area contributed by atoms with Crippen LogP contribution >= 0.6 is 0 Å². The van der Waals surface area contributed by atoms with Gasteiger partial charge in [0.25, 0.3) is 5.91 Å². The van der Waals surface area contributed by atoms with E-state index in [0.717, 1.165) is 32.4 Å². The first kappa shape index (κ1) is 24.8. The van der Waals surface area contributed by atoms with Gasteiger partial charge in [0, 0.05) is 17.5 Å². The Morgan fingerprint density at radius 2 is 1.74 bits per heavy atom. The molecule has 1 N–H and O–H groups in total. The van der Waals surface area contributed by atoms with Crippen molar-refractivity contribution < 1.29 is 23.8 Å². The first-order valence-electron chi connectivity index (χ1n) is 12.3. The highest BCUT2D eigenvalue weighted by atomic mass is 16.5. The predicted molar refractivity (Wildman–Crippen MR) is 134 cm³/mol. The fraction of sp³-hybridized carbons (Fsp3) is 0.429. The molecule has 7 nitrogen and oxygen atoms in total. The molecule has 0 spiro atoms. The van der Waals surface area contributed by atoms with Crippen molar-refractivity contribution in [1.29, 1.82) is 0 Å². The molecule has 0 bridgehead atoms. The number of nitrogens with one attached hydrogen (secondary N) is 1. The molecule has 1 amide bonds. The van der Waals surface area contributed by atoms with Gasteiger partial charge >= 0.3 is 5.97 Å². The molecule has 2 aromatic carbocycles. The number of benzene rings is 2. The van der Waals surface area contributed by atoms with Crippen molar-refractivity contribution in [3.63, 3.8) is 0 Å². The Hall–Kier alpha value is -3.32. The van der Waals surface area contributed by atoms with Crippen molar-refractivity contribution in [2.45, 2.75) is 38.1 Å². The first-order valence-corrected chi connectivity index (χ1v) is 12.3. The Bertz CT molecular complexity index is 1050. The minimum Gasteiger partial charge on any atom is -0.493 e. The number of hydrogen-bond acceptors (Lipinski definition) is 6. The van der Waals surface area contributed by atoms with Gasteiger partial charge in [-0.2, -0.15) is 0 Å². The standard InChI is InChI=1S/C28H34N2O5/c1-33-25-14-13-20(18-26(25)34-2)17-23(29-27(31)21-9-4-3-5-10-21)28(32)35-19-22-11-8-16-30-15-7-6-12-24(22)30/h3-5,9-10,13-14,17-18,22,24H,6-8,11-12,15-16,19H2,1-2H3,(H,29,31)/b23-17-/t22-,24+/m1/s1. The number of piperidine rings is 2. The van der Waals surface area contributed by atoms with E-state index in [0.29, 0.717) is 41.2 Å². The minimum atomic E-state index is -0.544. The molecule has 0 radical (unpaired) electrons. The SMILES string of the molecule is COc1ccc(/C=C(\NC(=O)c2ccccc2)C(=O)OC[C@H]2CCCN3CCCC[C@@H]23)cc1OC. The van der Waals surface area contributed by atoms with E-state index in [-0.39, 0.29) is 11.6 Å². The molecular formula is C28H34N2O5. The lowest BCUT2D eigenvalue weighted by molar-refractivity contribution is -0.142. The summed E-state index contributed by atoms with van der Waals surface area (Å²) in [7, 11) is 3.12. The smallest absolute Gasteiger partial charge is 0.354 e. The Balaban J connectivity index is 1.53. The van der Waals surface area contributed by atoms with Gasteiger partial charge in [-0.25, -0.2) is 4.79 Å². The highest BCUT2D eigenvalue weighted by Gasteiger charge is 2.34. The van der Waals surface area contributed by atoms with Crippen LogP contribution in [0.1, 0.15) is 48.0 Å². The molecule has 4 rings (SSSR count). The van der Waals surface area contributed by atoms with Gasteiger partial charge in [-0.1, -0.05) is 30.7 Å². The highest BCUT2D eigenvalue weighted by molar-refractivity contribution is 6.03. The summed E-state index contributed by atoms with van der Waals surface area (Å²) in [6, 6.07) is 14.6. The number of amides is 1. The van der Waals surface area contributed by atoms with Crippen LogP contribution in [0, 0.1) is 5.92 Å². The van der Waals surface area contributed by atoms with Crippen molar-refractivity contribution in [3.05, 3.63) is 65.4 Å². The van der Waals surface area contributed by atoms with Crippen LogP contribution in [0.5, 0.6) is 11.5 Å². The van der Waals surface area contributed by atoms with E-state index in [1.807, 2.05) is 6.07 Å². The van der Waals surface area contributed by atoms with Crippen molar-refractivity contribution in [2.24, 2.45) is 5.92 Å². The van der Waals surface area contributed by atoms with Gasteiger partial charge < -0.3 is 19.5 Å². The van der Waals surface area contributed by atoms with Crippen LogP contribution in [-0.4, -0.2) is 56.7 Å². The van der Waals surface area contributed by atoms with Gasteiger partial charge in [0.15, 0.2) is 11.5 Å². The Kier molecular flexibility index (Phi) is 8.42. The van der Waals surface area contributed by atoms with Crippen LogP contribution in [0.2, 0.25) is 0 Å². The number of carbonyl (C=O) groups excluding carboxylic acids is 2. The van der Waals surface area contributed by atoms with Crippen LogP contribution < -0.4 is 14.8 Å². The van der Waals surface area contributed by atoms with Crippen LogP contribution in [0.25, 0.3) is 6.08 Å². The zero-order valence-electron chi connectivity index (χ0n) is 20.5. The normalized spacial score (nSPS) is 20.5. The van der Waals surface area contributed by atoms with E-state index >= 15 is 0 Å². The van der Waals surface area contributed by atoms with E-state index < -0.39 is 5.97 Å². The number of rotatable bonds is 8. The molecule has 2 fully saturated rings. The third kappa shape index (κ3) is 6.22. The Labute approximate surface area is 207 Å². The van der Waals surface area contributed by atoms with E-state index in [1.54, 1.807) is 62.8 Å². The minimum absolute atomic E-state index is 0.0855. The molecule has 2 aliphatic heterocycles. The van der Waals surface area contributed by atoms with Gasteiger partial charge in [-0.3, -0.25) is 9.69 Å². The molecule has 2 aromatic rings. The Morgan fingerprint density at radius 3 is 2.51 bits per heavy atom. The number of ether oxygens (including phenoxy) is 3. The maximum atomic E-state index is 13.2. The molecule has 2 saturated heterocycles. The molecule has 2 aliphatic rings. The van der Waals surface area contributed by atoms with E-state index in [2.05, 4.69) is 10.2 Å². The number of hydrogen-bond donors (Lipinski definition) is 1. The molecule has 2 heterocycles. The topological polar surface area (TPSA) is 77.1 Å². The Morgan fingerprint density at radius 1 is 0.971 bits per heavy atom. The van der Waals surface area contributed by atoms with Crippen molar-refractivity contribution in [3.8, 4) is 11.5 Å². The lowest BCUT2D eigenvalue weighted by atomic mass is 9.84. The van der Waals surface area contributed by atoms with Gasteiger partial charge in [0.05, 0.1) is 20.8 Å². The summed E-state index contributed by atoms with van der Waals surface area (Å²) in [5.74, 6) is 0.516. The van der Waals surface area contributed by atoms with Crippen molar-refractivity contribution in [1.82, 2.24) is 10.2 Å². The summed E-state index contributed by atoms with van der Waals surface area (Å²) < 4.78 is 16.5. The average Bonchev–Trinajstić information content (AvgIpc) is 2.91. The number of esters is 1. The summed E-state index contributed by atoms with van der Waals surface area (Å²) >= 11 is 0. The molecule has 35 heavy (non-hydrogen) atoms. The second-order valence-electron chi connectivity index (χ2n) is 9.09. The van der Waals surface area contributed by atoms with Crippen LogP contribution in [0.4, 0.5) is 0 Å². The van der Waals surface area contributed by atoms with Crippen molar-refractivity contribution in [2.75, 3.05) is 33.9 Å². The van der Waals surface area contributed by atoms with Gasteiger partial charge in [0.1, 0.15) is 5.70 Å². The summed E-state index contributed by atoms with van der Waals surface area (Å²) in [6.07, 6.45) is 7.41. The number of nitrogens with zero attached hydrogens (tertiary/aromatic N) is 1. The average molecular weight is 479 g/mol. The van der Waals surface area contributed by atoms with Crippen LogP contribution in [0.15, 0.2) is 54.2 Å². The van der Waals surface area contributed by atoms with Crippen molar-refractivity contribution >= 4 is 18.0 Å².